The number of carbonyl (C=O) groups excluding carboxylic acids is 1. The Balaban J connectivity index is 3.37. The molecule has 0 fully saturated rings. The molecule has 0 aliphatic heterocycles. The first-order valence-electron chi connectivity index (χ1n) is 4.56. The second kappa shape index (κ2) is 8.25. The molecule has 0 bridgehead atoms. The molecule has 68 valence electrons. The Morgan fingerprint density at radius 1 is 1.17 bits per heavy atom. The zero-order valence-electron chi connectivity index (χ0n) is 7.99. The van der Waals surface area contributed by atoms with Crippen LogP contribution in [0.15, 0.2) is 24.3 Å². The molecule has 0 heterocycles. The van der Waals surface area contributed by atoms with E-state index in [1.54, 1.807) is 0 Å². The maximum Gasteiger partial charge on any atom is 0.123 e. The minimum Gasteiger partial charge on any atom is -0.303 e. The molecule has 12 heavy (non-hydrogen) atoms. The highest BCUT2D eigenvalue weighted by Gasteiger charge is 1.92. The molecule has 1 atom stereocenters. The van der Waals surface area contributed by atoms with Gasteiger partial charge >= 0.3 is 0 Å². The summed E-state index contributed by atoms with van der Waals surface area (Å²) in [5, 5.41) is 0. The van der Waals surface area contributed by atoms with Gasteiger partial charge in [0, 0.05) is 5.92 Å². The first-order valence-corrected chi connectivity index (χ1v) is 4.56. The molecule has 0 spiro atoms. The Bertz CT molecular complexity index is 156. The topological polar surface area (TPSA) is 17.1 Å². The Labute approximate surface area is 75.2 Å². The van der Waals surface area contributed by atoms with Crippen molar-refractivity contribution in [1.29, 1.82) is 0 Å². The average Bonchev–Trinajstić information content (AvgIpc) is 2.10. The van der Waals surface area contributed by atoms with Crippen LogP contribution in [-0.2, 0) is 4.79 Å². The summed E-state index contributed by atoms with van der Waals surface area (Å²) < 4.78 is 0. The molecule has 0 amide bonds. The molecule has 1 unspecified atom stereocenters. The number of carbonyl (C=O) groups is 1. The van der Waals surface area contributed by atoms with Gasteiger partial charge in [-0.1, -0.05) is 38.2 Å². The second-order valence-corrected chi connectivity index (χ2v) is 2.94. The Morgan fingerprint density at radius 3 is 2.42 bits per heavy atom. The van der Waals surface area contributed by atoms with Crippen molar-refractivity contribution < 1.29 is 4.79 Å². The van der Waals surface area contributed by atoms with Crippen molar-refractivity contribution in [2.24, 2.45) is 5.92 Å². The molecule has 0 N–H and O–H groups in total. The molecule has 0 radical (unpaired) electrons. The van der Waals surface area contributed by atoms with Crippen LogP contribution in [0.25, 0.3) is 0 Å². The van der Waals surface area contributed by atoms with Gasteiger partial charge in [0.2, 0.25) is 0 Å². The molecule has 0 rings (SSSR count). The summed E-state index contributed by atoms with van der Waals surface area (Å²) in [7, 11) is 0. The third-order valence-corrected chi connectivity index (χ3v) is 1.58. The predicted octanol–water partition coefficient (Wildman–Crippen LogP) is 3.12. The standard InChI is InChI=1S/C11H18O/c1-3-4-5-6-7-8-9-11(2)10-12/h4-5,7-8,10-11H,3,6,9H2,1-2H3. The Kier molecular flexibility index (Phi) is 7.66. The van der Waals surface area contributed by atoms with Gasteiger partial charge in [0.15, 0.2) is 0 Å². The molecule has 1 heteroatoms. The van der Waals surface area contributed by atoms with Crippen LogP contribution in [0.4, 0.5) is 0 Å². The van der Waals surface area contributed by atoms with Crippen molar-refractivity contribution in [3.63, 3.8) is 0 Å². The van der Waals surface area contributed by atoms with Gasteiger partial charge in [-0.05, 0) is 19.3 Å². The van der Waals surface area contributed by atoms with Crippen molar-refractivity contribution in [2.75, 3.05) is 0 Å². The van der Waals surface area contributed by atoms with Gasteiger partial charge in [0.1, 0.15) is 6.29 Å². The van der Waals surface area contributed by atoms with Crippen molar-refractivity contribution in [3.05, 3.63) is 24.3 Å². The number of hydrogen-bond donors (Lipinski definition) is 0. The Morgan fingerprint density at radius 2 is 1.83 bits per heavy atom. The monoisotopic (exact) mass is 166 g/mol. The third-order valence-electron chi connectivity index (χ3n) is 1.58. The van der Waals surface area contributed by atoms with Crippen molar-refractivity contribution in [1.82, 2.24) is 0 Å². The molecular formula is C11H18O. The molecule has 1 nitrogen and oxygen atoms in total. The molecule has 0 aliphatic rings. The number of allylic oxidation sites excluding steroid dienone is 4. The highest BCUT2D eigenvalue weighted by molar-refractivity contribution is 5.52. The van der Waals surface area contributed by atoms with Crippen molar-refractivity contribution in [2.45, 2.75) is 33.1 Å². The lowest BCUT2D eigenvalue weighted by Gasteiger charge is -1.94. The first-order chi connectivity index (χ1) is 5.81. The maximum absolute atomic E-state index is 10.2. The minimum atomic E-state index is 0.163. The zero-order chi connectivity index (χ0) is 9.23. The van der Waals surface area contributed by atoms with E-state index in [0.29, 0.717) is 0 Å². The lowest BCUT2D eigenvalue weighted by molar-refractivity contribution is -0.110. The van der Waals surface area contributed by atoms with E-state index >= 15 is 0 Å². The largest absolute Gasteiger partial charge is 0.303 e. The third kappa shape index (κ3) is 7.26. The van der Waals surface area contributed by atoms with Crippen LogP contribution in [0.3, 0.4) is 0 Å². The van der Waals surface area contributed by atoms with Gasteiger partial charge in [-0.2, -0.15) is 0 Å². The summed E-state index contributed by atoms with van der Waals surface area (Å²) in [6.45, 7) is 4.05. The zero-order valence-corrected chi connectivity index (χ0v) is 7.99. The van der Waals surface area contributed by atoms with Crippen LogP contribution < -0.4 is 0 Å². The van der Waals surface area contributed by atoms with Gasteiger partial charge in [-0.25, -0.2) is 0 Å². The maximum atomic E-state index is 10.2. The summed E-state index contributed by atoms with van der Waals surface area (Å²) in [6.07, 6.45) is 12.4. The molecule has 0 aromatic carbocycles. The second-order valence-electron chi connectivity index (χ2n) is 2.94. The van der Waals surface area contributed by atoms with E-state index < -0.39 is 0 Å². The molecular weight excluding hydrogens is 148 g/mol. The van der Waals surface area contributed by atoms with E-state index in [9.17, 15) is 4.79 Å². The van der Waals surface area contributed by atoms with Crippen LogP contribution in [0.2, 0.25) is 0 Å². The highest BCUT2D eigenvalue weighted by atomic mass is 16.1. The summed E-state index contributed by atoms with van der Waals surface area (Å²) in [4.78, 5) is 10.2. The summed E-state index contributed by atoms with van der Waals surface area (Å²) in [6, 6.07) is 0. The first kappa shape index (κ1) is 11.2. The Hall–Kier alpha value is -0.850. The normalized spacial score (nSPS) is 14.2. The van der Waals surface area contributed by atoms with Crippen LogP contribution >= 0.6 is 0 Å². The molecule has 0 saturated carbocycles. The molecule has 0 saturated heterocycles. The van der Waals surface area contributed by atoms with E-state index in [1.165, 1.54) is 0 Å². The van der Waals surface area contributed by atoms with Crippen LogP contribution in [0, 0.1) is 5.92 Å². The molecule has 0 aromatic rings. The summed E-state index contributed by atoms with van der Waals surface area (Å²) in [5.41, 5.74) is 0. The van der Waals surface area contributed by atoms with Gasteiger partial charge in [0.25, 0.3) is 0 Å². The minimum absolute atomic E-state index is 0.163. The van der Waals surface area contributed by atoms with Crippen molar-refractivity contribution >= 4 is 6.29 Å². The molecule has 0 aliphatic carbocycles. The van der Waals surface area contributed by atoms with Gasteiger partial charge < -0.3 is 4.79 Å². The van der Waals surface area contributed by atoms with Crippen LogP contribution in [0.5, 0.6) is 0 Å². The smallest absolute Gasteiger partial charge is 0.123 e. The SMILES string of the molecule is CCC=CCC=CCC(C)C=O. The fraction of sp³-hybridized carbons (Fsp3) is 0.545. The van der Waals surface area contributed by atoms with E-state index in [1.807, 2.05) is 6.92 Å². The summed E-state index contributed by atoms with van der Waals surface area (Å²) >= 11 is 0. The lowest BCUT2D eigenvalue weighted by atomic mass is 10.1. The number of rotatable bonds is 6. The van der Waals surface area contributed by atoms with Crippen LogP contribution in [-0.4, -0.2) is 6.29 Å². The number of hydrogen-bond acceptors (Lipinski definition) is 1. The van der Waals surface area contributed by atoms with E-state index in [4.69, 9.17) is 0 Å². The van der Waals surface area contributed by atoms with Gasteiger partial charge in [0.05, 0.1) is 0 Å². The lowest BCUT2D eigenvalue weighted by Crippen LogP contribution is -1.91. The van der Waals surface area contributed by atoms with E-state index in [2.05, 4.69) is 31.2 Å². The van der Waals surface area contributed by atoms with E-state index in [-0.39, 0.29) is 5.92 Å². The fourth-order valence-electron chi connectivity index (χ4n) is 0.804. The van der Waals surface area contributed by atoms with E-state index in [0.717, 1.165) is 25.5 Å². The van der Waals surface area contributed by atoms with Crippen LogP contribution in [0.1, 0.15) is 33.1 Å². The quantitative estimate of drug-likeness (QED) is 0.437. The number of aldehydes is 1. The molecule has 0 aromatic heterocycles. The predicted molar refractivity (Wildman–Crippen MR) is 53.0 cm³/mol. The summed E-state index contributed by atoms with van der Waals surface area (Å²) in [5.74, 6) is 0.163. The van der Waals surface area contributed by atoms with Gasteiger partial charge in [-0.3, -0.25) is 0 Å². The van der Waals surface area contributed by atoms with Crippen molar-refractivity contribution in [3.8, 4) is 0 Å². The highest BCUT2D eigenvalue weighted by Crippen LogP contribution is 1.99. The average molecular weight is 166 g/mol. The van der Waals surface area contributed by atoms with Gasteiger partial charge in [-0.15, -0.1) is 0 Å². The fourth-order valence-corrected chi connectivity index (χ4v) is 0.804.